The van der Waals surface area contributed by atoms with Crippen molar-refractivity contribution in [2.75, 3.05) is 52.9 Å². The zero-order chi connectivity index (χ0) is 9.78. The van der Waals surface area contributed by atoms with Gasteiger partial charge in [-0.05, 0) is 0 Å². The molecule has 0 bridgehead atoms. The van der Waals surface area contributed by atoms with Gasteiger partial charge in [0.15, 0.2) is 0 Å². The normalized spacial score (nSPS) is 9.86. The van der Waals surface area contributed by atoms with Crippen molar-refractivity contribution in [1.29, 1.82) is 0 Å². The molecule has 1 radical (unpaired) electrons. The molecule has 81 valence electrons. The molecule has 0 saturated carbocycles. The Morgan fingerprint density at radius 3 is 1.14 bits per heavy atom. The molecule has 5 nitrogen and oxygen atoms in total. The molecule has 0 rings (SSSR count). The second kappa shape index (κ2) is 16.9. The van der Waals surface area contributed by atoms with Crippen molar-refractivity contribution in [3.05, 3.63) is 0 Å². The fourth-order valence-corrected chi connectivity index (χ4v) is 0.671. The van der Waals surface area contributed by atoms with Gasteiger partial charge in [0.05, 0.1) is 52.9 Å². The Labute approximate surface area is 127 Å². The van der Waals surface area contributed by atoms with Crippen molar-refractivity contribution >= 4 is 51.4 Å². The summed E-state index contributed by atoms with van der Waals surface area (Å²) in [4.78, 5) is 0. The van der Waals surface area contributed by atoms with Crippen LogP contribution in [0.4, 0.5) is 0 Å². The van der Waals surface area contributed by atoms with Crippen molar-refractivity contribution in [2.45, 2.75) is 0 Å². The molecule has 0 unspecified atom stereocenters. The van der Waals surface area contributed by atoms with E-state index in [0.717, 1.165) is 0 Å². The van der Waals surface area contributed by atoms with E-state index in [1.165, 1.54) is 0 Å². The van der Waals surface area contributed by atoms with Crippen LogP contribution in [0, 0.1) is 0 Å². The van der Waals surface area contributed by atoms with Crippen LogP contribution < -0.4 is 0 Å². The summed E-state index contributed by atoms with van der Waals surface area (Å²) in [5.74, 6) is 0. The van der Waals surface area contributed by atoms with Gasteiger partial charge in [-0.25, -0.2) is 0 Å². The van der Waals surface area contributed by atoms with Gasteiger partial charge in [-0.3, -0.25) is 0 Å². The van der Waals surface area contributed by atoms with Gasteiger partial charge in [0.1, 0.15) is 0 Å². The molecule has 0 spiro atoms. The topological polar surface area (TPSA) is 68.2 Å². The third-order valence-corrected chi connectivity index (χ3v) is 1.22. The molecule has 6 heteroatoms. The number of aliphatic hydroxyl groups excluding tert-OH is 2. The Kier molecular flexibility index (Phi) is 21.4. The molecule has 0 aliphatic heterocycles. The largest absolute Gasteiger partial charge is 0.394 e. The Hall–Kier alpha value is 1.44. The summed E-state index contributed by atoms with van der Waals surface area (Å²) in [6.07, 6.45) is 0. The van der Waals surface area contributed by atoms with Gasteiger partial charge < -0.3 is 24.4 Å². The molecule has 0 aliphatic carbocycles. The van der Waals surface area contributed by atoms with E-state index >= 15 is 0 Å². The molecular weight excluding hydrogens is 215 g/mol. The van der Waals surface area contributed by atoms with E-state index < -0.39 is 0 Å². The summed E-state index contributed by atoms with van der Waals surface area (Å²) in [5, 5.41) is 16.7. The van der Waals surface area contributed by atoms with Crippen molar-refractivity contribution < 1.29 is 24.4 Å². The molecular formula is C8H18KO5. The fraction of sp³-hybridized carbons (Fsp3) is 1.00. The van der Waals surface area contributed by atoms with E-state index in [0.29, 0.717) is 39.6 Å². The van der Waals surface area contributed by atoms with E-state index in [2.05, 4.69) is 0 Å². The monoisotopic (exact) mass is 233 g/mol. The van der Waals surface area contributed by atoms with Gasteiger partial charge in [-0.15, -0.1) is 0 Å². The Morgan fingerprint density at radius 2 is 0.857 bits per heavy atom. The SMILES string of the molecule is OCCOCCOCCOCCO.[K]. The van der Waals surface area contributed by atoms with Gasteiger partial charge in [0.25, 0.3) is 0 Å². The predicted molar refractivity (Wildman–Crippen MR) is 52.4 cm³/mol. The van der Waals surface area contributed by atoms with Gasteiger partial charge in [0, 0.05) is 51.4 Å². The minimum atomic E-state index is 0. The number of aliphatic hydroxyl groups is 2. The molecule has 0 aromatic heterocycles. The second-order valence-electron chi connectivity index (χ2n) is 2.28. The van der Waals surface area contributed by atoms with Crippen LogP contribution in [0.2, 0.25) is 0 Å². The van der Waals surface area contributed by atoms with Gasteiger partial charge in [-0.1, -0.05) is 0 Å². The first kappa shape index (κ1) is 17.8. The summed E-state index contributed by atoms with van der Waals surface area (Å²) in [5.41, 5.74) is 0. The van der Waals surface area contributed by atoms with Gasteiger partial charge >= 0.3 is 0 Å². The van der Waals surface area contributed by atoms with Crippen LogP contribution in [0.1, 0.15) is 0 Å². The van der Waals surface area contributed by atoms with Crippen LogP contribution in [0.3, 0.4) is 0 Å². The summed E-state index contributed by atoms with van der Waals surface area (Å²) in [6.45, 7) is 2.76. The number of hydrogen-bond donors (Lipinski definition) is 2. The average molecular weight is 233 g/mol. The van der Waals surface area contributed by atoms with Crippen molar-refractivity contribution in [2.24, 2.45) is 0 Å². The standard InChI is InChI=1S/C8H18O5.K/c9-1-3-11-5-7-13-8-6-12-4-2-10;/h9-10H,1-8H2;. The number of hydrogen-bond acceptors (Lipinski definition) is 5. The molecule has 0 fully saturated rings. The summed E-state index contributed by atoms with van der Waals surface area (Å²) in [7, 11) is 0. The molecule has 0 aromatic carbocycles. The predicted octanol–water partition coefficient (Wildman–Crippen LogP) is -1.36. The van der Waals surface area contributed by atoms with Crippen LogP contribution in [-0.2, 0) is 14.2 Å². The maximum absolute atomic E-state index is 8.36. The van der Waals surface area contributed by atoms with Crippen LogP contribution in [-0.4, -0.2) is 114 Å². The van der Waals surface area contributed by atoms with Gasteiger partial charge in [-0.2, -0.15) is 0 Å². The molecule has 14 heavy (non-hydrogen) atoms. The first-order valence-corrected chi connectivity index (χ1v) is 4.36. The molecule has 2 N–H and O–H groups in total. The summed E-state index contributed by atoms with van der Waals surface area (Å²) < 4.78 is 15.0. The van der Waals surface area contributed by atoms with E-state index in [-0.39, 0.29) is 64.6 Å². The quantitative estimate of drug-likeness (QED) is 0.360. The summed E-state index contributed by atoms with van der Waals surface area (Å²) in [6, 6.07) is 0. The van der Waals surface area contributed by atoms with Crippen molar-refractivity contribution in [1.82, 2.24) is 0 Å². The minimum absolute atomic E-state index is 0. The summed E-state index contributed by atoms with van der Waals surface area (Å²) >= 11 is 0. The Balaban J connectivity index is 0. The first-order valence-electron chi connectivity index (χ1n) is 4.36. The van der Waals surface area contributed by atoms with Crippen molar-refractivity contribution in [3.63, 3.8) is 0 Å². The van der Waals surface area contributed by atoms with E-state index in [9.17, 15) is 0 Å². The Morgan fingerprint density at radius 1 is 0.571 bits per heavy atom. The second-order valence-corrected chi connectivity index (χ2v) is 2.28. The van der Waals surface area contributed by atoms with E-state index in [1.807, 2.05) is 0 Å². The zero-order valence-electron chi connectivity index (χ0n) is 8.78. The zero-order valence-corrected chi connectivity index (χ0v) is 11.9. The molecule has 0 aromatic rings. The molecule has 0 amide bonds. The Bertz CT molecular complexity index is 83.8. The first-order chi connectivity index (χ1) is 6.41. The maximum atomic E-state index is 8.36. The van der Waals surface area contributed by atoms with Crippen LogP contribution in [0.25, 0.3) is 0 Å². The average Bonchev–Trinajstić information content (AvgIpc) is 2.16. The number of ether oxygens (including phenoxy) is 3. The molecule has 0 aliphatic rings. The van der Waals surface area contributed by atoms with Crippen LogP contribution in [0.15, 0.2) is 0 Å². The minimum Gasteiger partial charge on any atom is -0.394 e. The third-order valence-electron chi connectivity index (χ3n) is 1.22. The van der Waals surface area contributed by atoms with Gasteiger partial charge in [0.2, 0.25) is 0 Å². The third kappa shape index (κ3) is 15.9. The van der Waals surface area contributed by atoms with Crippen LogP contribution in [0.5, 0.6) is 0 Å². The number of rotatable bonds is 10. The van der Waals surface area contributed by atoms with Crippen molar-refractivity contribution in [3.8, 4) is 0 Å². The molecule has 0 atom stereocenters. The maximum Gasteiger partial charge on any atom is 0.0701 e. The molecule has 0 heterocycles. The molecule has 0 saturated heterocycles. The van der Waals surface area contributed by atoms with E-state index in [4.69, 9.17) is 24.4 Å². The smallest absolute Gasteiger partial charge is 0.0701 e. The van der Waals surface area contributed by atoms with E-state index in [1.54, 1.807) is 0 Å². The fourth-order valence-electron chi connectivity index (χ4n) is 0.671. The van der Waals surface area contributed by atoms with Crippen LogP contribution >= 0.6 is 0 Å².